The van der Waals surface area contributed by atoms with Gasteiger partial charge in [-0.15, -0.1) is 0 Å². The number of amides is 3. The standard InChI is InChI=1S/C28H34Cl2N6O2/c1-28(2,3)23-16-24(32-27(38)31-22-11-7-10-21(29)26(22)30)36(33-23)19-9-6-8-18(14-19)15-25(37)35-13-12-20(17-35)34(4)5/h6-11,14,16,20H,12-13,15,17H2,1-5H3,(H2,31,32,38). The number of nitrogens with zero attached hydrogens (tertiary/aromatic N) is 4. The topological polar surface area (TPSA) is 82.5 Å². The van der Waals surface area contributed by atoms with Crippen molar-refractivity contribution in [1.29, 1.82) is 0 Å². The largest absolute Gasteiger partial charge is 0.341 e. The lowest BCUT2D eigenvalue weighted by Gasteiger charge is -2.20. The van der Waals surface area contributed by atoms with Gasteiger partial charge in [0.05, 0.1) is 33.5 Å². The van der Waals surface area contributed by atoms with Gasteiger partial charge >= 0.3 is 6.03 Å². The van der Waals surface area contributed by atoms with Gasteiger partial charge in [0.1, 0.15) is 5.82 Å². The highest BCUT2D eigenvalue weighted by molar-refractivity contribution is 6.44. The highest BCUT2D eigenvalue weighted by Crippen LogP contribution is 2.30. The van der Waals surface area contributed by atoms with E-state index in [-0.39, 0.29) is 16.3 Å². The summed E-state index contributed by atoms with van der Waals surface area (Å²) in [4.78, 5) is 30.0. The van der Waals surface area contributed by atoms with Crippen LogP contribution in [-0.4, -0.2) is 64.7 Å². The minimum atomic E-state index is -0.480. The van der Waals surface area contributed by atoms with Crippen molar-refractivity contribution in [3.05, 3.63) is 69.8 Å². The summed E-state index contributed by atoms with van der Waals surface area (Å²) in [5.74, 6) is 0.598. The number of hydrogen-bond acceptors (Lipinski definition) is 4. The van der Waals surface area contributed by atoms with Crippen LogP contribution in [0.15, 0.2) is 48.5 Å². The van der Waals surface area contributed by atoms with Crippen LogP contribution in [0.25, 0.3) is 5.69 Å². The molecule has 1 unspecified atom stereocenters. The van der Waals surface area contributed by atoms with E-state index in [2.05, 4.69) is 36.3 Å². The van der Waals surface area contributed by atoms with Gasteiger partial charge < -0.3 is 15.1 Å². The van der Waals surface area contributed by atoms with Gasteiger partial charge in [-0.2, -0.15) is 5.10 Å². The van der Waals surface area contributed by atoms with Gasteiger partial charge in [-0.25, -0.2) is 9.48 Å². The molecule has 2 aromatic carbocycles. The Bertz CT molecular complexity index is 1330. The number of anilines is 2. The lowest BCUT2D eigenvalue weighted by molar-refractivity contribution is -0.129. The lowest BCUT2D eigenvalue weighted by Crippen LogP contribution is -2.35. The molecule has 3 aromatic rings. The first kappa shape index (κ1) is 28.0. The average molecular weight is 558 g/mol. The van der Waals surface area contributed by atoms with E-state index >= 15 is 0 Å². The number of halogens is 2. The maximum atomic E-state index is 13.0. The van der Waals surface area contributed by atoms with E-state index in [1.807, 2.05) is 49.3 Å². The second kappa shape index (κ2) is 11.4. The number of benzene rings is 2. The molecule has 3 amide bonds. The minimum absolute atomic E-state index is 0.110. The van der Waals surface area contributed by atoms with Crippen molar-refractivity contribution in [2.45, 2.75) is 45.1 Å². The van der Waals surface area contributed by atoms with E-state index < -0.39 is 6.03 Å². The molecule has 1 fully saturated rings. The Hall–Kier alpha value is -3.07. The Morgan fingerprint density at radius 2 is 1.82 bits per heavy atom. The molecule has 1 atom stereocenters. The normalized spacial score (nSPS) is 15.7. The molecule has 4 rings (SSSR count). The monoisotopic (exact) mass is 556 g/mol. The summed E-state index contributed by atoms with van der Waals surface area (Å²) in [6.45, 7) is 7.69. The molecule has 38 heavy (non-hydrogen) atoms. The summed E-state index contributed by atoms with van der Waals surface area (Å²) in [5, 5.41) is 11.0. The first-order valence-electron chi connectivity index (χ1n) is 12.6. The smallest absolute Gasteiger partial charge is 0.324 e. The van der Waals surface area contributed by atoms with Crippen LogP contribution in [0.1, 0.15) is 38.4 Å². The van der Waals surface area contributed by atoms with E-state index in [0.29, 0.717) is 29.0 Å². The van der Waals surface area contributed by atoms with Crippen LogP contribution in [0.4, 0.5) is 16.3 Å². The summed E-state index contributed by atoms with van der Waals surface area (Å²) in [6.07, 6.45) is 1.29. The first-order valence-corrected chi connectivity index (χ1v) is 13.3. The third-order valence-corrected chi connectivity index (χ3v) is 7.49. The van der Waals surface area contributed by atoms with E-state index in [4.69, 9.17) is 28.3 Å². The molecule has 2 N–H and O–H groups in total. The molecule has 10 heteroatoms. The van der Waals surface area contributed by atoms with E-state index in [1.54, 1.807) is 22.9 Å². The zero-order chi connectivity index (χ0) is 27.6. The molecule has 0 saturated carbocycles. The Labute approximate surface area is 233 Å². The molecule has 1 aliphatic heterocycles. The number of hydrogen-bond donors (Lipinski definition) is 2. The van der Waals surface area contributed by atoms with Crippen LogP contribution in [-0.2, 0) is 16.6 Å². The number of likely N-dealkylation sites (tertiary alicyclic amines) is 1. The molecule has 0 bridgehead atoms. The molecule has 202 valence electrons. The number of carbonyl (C=O) groups excluding carboxylic acids is 2. The second-order valence-electron chi connectivity index (χ2n) is 10.8. The molecule has 1 saturated heterocycles. The van der Waals surface area contributed by atoms with Crippen molar-refractivity contribution in [3.8, 4) is 5.69 Å². The van der Waals surface area contributed by atoms with Crippen LogP contribution < -0.4 is 10.6 Å². The molecular formula is C28H34Cl2N6O2. The van der Waals surface area contributed by atoms with Crippen LogP contribution >= 0.6 is 23.2 Å². The minimum Gasteiger partial charge on any atom is -0.341 e. The van der Waals surface area contributed by atoms with Crippen LogP contribution in [0, 0.1) is 0 Å². The number of nitrogens with one attached hydrogen (secondary N) is 2. The maximum Gasteiger partial charge on any atom is 0.324 e. The van der Waals surface area contributed by atoms with Crippen molar-refractivity contribution in [1.82, 2.24) is 19.6 Å². The van der Waals surface area contributed by atoms with Gasteiger partial charge in [0.15, 0.2) is 0 Å². The number of aromatic nitrogens is 2. The van der Waals surface area contributed by atoms with Crippen LogP contribution in [0.3, 0.4) is 0 Å². The van der Waals surface area contributed by atoms with Crippen molar-refractivity contribution < 1.29 is 9.59 Å². The zero-order valence-corrected chi connectivity index (χ0v) is 23.9. The Morgan fingerprint density at radius 1 is 1.08 bits per heavy atom. The maximum absolute atomic E-state index is 13.0. The van der Waals surface area contributed by atoms with Crippen molar-refractivity contribution >= 4 is 46.6 Å². The number of likely N-dealkylation sites (N-methyl/N-ethyl adjacent to an activating group) is 1. The fourth-order valence-electron chi connectivity index (χ4n) is 4.38. The lowest BCUT2D eigenvalue weighted by atomic mass is 9.92. The van der Waals surface area contributed by atoms with Crippen molar-refractivity contribution in [2.75, 3.05) is 37.8 Å². The van der Waals surface area contributed by atoms with Gasteiger partial charge in [-0.3, -0.25) is 10.1 Å². The molecule has 0 aliphatic carbocycles. The predicted molar refractivity (Wildman–Crippen MR) is 154 cm³/mol. The molecule has 1 aliphatic rings. The molecule has 2 heterocycles. The van der Waals surface area contributed by atoms with Crippen molar-refractivity contribution in [3.63, 3.8) is 0 Å². The molecule has 8 nitrogen and oxygen atoms in total. The van der Waals surface area contributed by atoms with E-state index in [9.17, 15) is 9.59 Å². The molecule has 1 aromatic heterocycles. The number of carbonyl (C=O) groups is 2. The van der Waals surface area contributed by atoms with Gasteiger partial charge in [-0.05, 0) is 50.3 Å². The van der Waals surface area contributed by atoms with Gasteiger partial charge in [-0.1, -0.05) is 62.2 Å². The molecular weight excluding hydrogens is 523 g/mol. The molecule has 0 spiro atoms. The zero-order valence-electron chi connectivity index (χ0n) is 22.4. The second-order valence-corrected chi connectivity index (χ2v) is 11.6. The summed E-state index contributed by atoms with van der Waals surface area (Å²) in [5.41, 5.74) is 2.59. The van der Waals surface area contributed by atoms with Crippen LogP contribution in [0.5, 0.6) is 0 Å². The van der Waals surface area contributed by atoms with Gasteiger partial charge in [0.2, 0.25) is 5.91 Å². The Morgan fingerprint density at radius 3 is 2.50 bits per heavy atom. The SMILES string of the molecule is CN(C)C1CCN(C(=O)Cc2cccc(-n3nc(C(C)(C)C)cc3NC(=O)Nc3cccc(Cl)c3Cl)c2)C1. The fourth-order valence-corrected chi connectivity index (χ4v) is 4.73. The summed E-state index contributed by atoms with van der Waals surface area (Å²) in [6, 6.07) is 14.5. The molecule has 0 radical (unpaired) electrons. The highest BCUT2D eigenvalue weighted by Gasteiger charge is 2.27. The summed E-state index contributed by atoms with van der Waals surface area (Å²) in [7, 11) is 4.10. The van der Waals surface area contributed by atoms with E-state index in [0.717, 1.165) is 36.5 Å². The van der Waals surface area contributed by atoms with E-state index in [1.165, 1.54) is 0 Å². The highest BCUT2D eigenvalue weighted by atomic mass is 35.5. The number of urea groups is 1. The van der Waals surface area contributed by atoms with Crippen LogP contribution in [0.2, 0.25) is 10.0 Å². The average Bonchev–Trinajstić information content (AvgIpc) is 3.50. The van der Waals surface area contributed by atoms with Crippen molar-refractivity contribution in [2.24, 2.45) is 0 Å². The Balaban J connectivity index is 1.56. The Kier molecular flexibility index (Phi) is 8.35. The summed E-state index contributed by atoms with van der Waals surface area (Å²) >= 11 is 12.3. The van der Waals surface area contributed by atoms with Gasteiger partial charge in [0, 0.05) is 30.6 Å². The fraction of sp³-hybridized carbons (Fsp3) is 0.393. The first-order chi connectivity index (χ1) is 17.9. The predicted octanol–water partition coefficient (Wildman–Crippen LogP) is 5.83. The quantitative estimate of drug-likeness (QED) is 0.400. The van der Waals surface area contributed by atoms with Gasteiger partial charge in [0.25, 0.3) is 0 Å². The summed E-state index contributed by atoms with van der Waals surface area (Å²) < 4.78 is 1.69. The third kappa shape index (κ3) is 6.49. The number of rotatable bonds is 6. The third-order valence-electron chi connectivity index (χ3n) is 6.68.